The number of ketones is 1. The Morgan fingerprint density at radius 1 is 1.03 bits per heavy atom. The quantitative estimate of drug-likeness (QED) is 0.633. The number of amides is 1. The maximum absolute atomic E-state index is 13.5. The van der Waals surface area contributed by atoms with Gasteiger partial charge in [-0.05, 0) is 67.1 Å². The zero-order chi connectivity index (χ0) is 23.2. The van der Waals surface area contributed by atoms with Crippen molar-refractivity contribution in [2.45, 2.75) is 40.5 Å². The molecular formula is C26H25FN2O3. The lowest BCUT2D eigenvalue weighted by Crippen LogP contribution is -2.37. The summed E-state index contributed by atoms with van der Waals surface area (Å²) < 4.78 is 14.7. The summed E-state index contributed by atoms with van der Waals surface area (Å²) in [5, 5.41) is 2.85. The van der Waals surface area contributed by atoms with Crippen LogP contribution in [0.1, 0.15) is 57.7 Å². The largest absolute Gasteiger partial charge is 0.322 e. The molecule has 3 aromatic rings. The minimum absolute atomic E-state index is 0.0482. The number of rotatable bonds is 3. The van der Waals surface area contributed by atoms with Gasteiger partial charge in [-0.15, -0.1) is 0 Å². The third-order valence-corrected chi connectivity index (χ3v) is 5.87. The normalized spacial score (nSPS) is 14.7. The van der Waals surface area contributed by atoms with E-state index in [1.54, 1.807) is 6.07 Å². The molecule has 1 heterocycles. The van der Waals surface area contributed by atoms with E-state index in [1.165, 1.54) is 35.0 Å². The van der Waals surface area contributed by atoms with Crippen molar-refractivity contribution in [2.24, 2.45) is 5.41 Å². The molecule has 0 atom stereocenters. The Morgan fingerprint density at radius 3 is 2.38 bits per heavy atom. The van der Waals surface area contributed by atoms with Crippen LogP contribution in [0.25, 0.3) is 5.69 Å². The monoisotopic (exact) mass is 432 g/mol. The van der Waals surface area contributed by atoms with E-state index in [9.17, 15) is 18.8 Å². The van der Waals surface area contributed by atoms with Gasteiger partial charge in [-0.2, -0.15) is 0 Å². The zero-order valence-electron chi connectivity index (χ0n) is 18.6. The van der Waals surface area contributed by atoms with Crippen molar-refractivity contribution in [3.8, 4) is 5.69 Å². The van der Waals surface area contributed by atoms with E-state index in [2.05, 4.69) is 5.32 Å². The van der Waals surface area contributed by atoms with Crippen LogP contribution in [0.2, 0.25) is 0 Å². The predicted octanol–water partition coefficient (Wildman–Crippen LogP) is 5.00. The van der Waals surface area contributed by atoms with Gasteiger partial charge in [-0.25, -0.2) is 4.39 Å². The van der Waals surface area contributed by atoms with Crippen molar-refractivity contribution in [1.29, 1.82) is 0 Å². The molecule has 1 amide bonds. The molecule has 6 heteroatoms. The molecule has 164 valence electrons. The van der Waals surface area contributed by atoms with Gasteiger partial charge in [-0.1, -0.05) is 31.5 Å². The number of aryl methyl sites for hydroxylation is 2. The predicted molar refractivity (Wildman–Crippen MR) is 122 cm³/mol. The minimum Gasteiger partial charge on any atom is -0.322 e. The van der Waals surface area contributed by atoms with Crippen molar-refractivity contribution >= 4 is 17.4 Å². The van der Waals surface area contributed by atoms with Gasteiger partial charge in [0.05, 0.1) is 0 Å². The molecule has 4 rings (SSSR count). The van der Waals surface area contributed by atoms with Crippen molar-refractivity contribution in [3.63, 3.8) is 0 Å². The zero-order valence-corrected chi connectivity index (χ0v) is 18.6. The summed E-state index contributed by atoms with van der Waals surface area (Å²) >= 11 is 0. The first kappa shape index (κ1) is 21.7. The molecule has 0 aliphatic heterocycles. The molecule has 1 aliphatic rings. The highest BCUT2D eigenvalue weighted by Crippen LogP contribution is 2.36. The molecule has 2 aromatic carbocycles. The molecule has 32 heavy (non-hydrogen) atoms. The molecule has 0 radical (unpaired) electrons. The number of hydrogen-bond acceptors (Lipinski definition) is 3. The number of Topliss-reactive ketones (excluding diaryl/α,β-unsaturated/α-hetero) is 1. The summed E-state index contributed by atoms with van der Waals surface area (Å²) in [5.74, 6) is -1.11. The van der Waals surface area contributed by atoms with E-state index in [-0.39, 0.29) is 16.8 Å². The number of carbonyl (C=O) groups excluding carboxylic acids is 2. The van der Waals surface area contributed by atoms with E-state index >= 15 is 0 Å². The van der Waals surface area contributed by atoms with Crippen LogP contribution < -0.4 is 10.9 Å². The number of carbonyl (C=O) groups is 2. The maximum Gasteiger partial charge on any atom is 0.268 e. The summed E-state index contributed by atoms with van der Waals surface area (Å²) in [6.07, 6.45) is 2.24. The molecule has 0 saturated heterocycles. The van der Waals surface area contributed by atoms with E-state index in [4.69, 9.17) is 0 Å². The first-order valence-corrected chi connectivity index (χ1v) is 10.5. The molecule has 0 unspecified atom stereocenters. The number of anilines is 1. The van der Waals surface area contributed by atoms with Crippen molar-refractivity contribution in [2.75, 3.05) is 5.32 Å². The second-order valence-corrected chi connectivity index (χ2v) is 9.26. The van der Waals surface area contributed by atoms with Gasteiger partial charge in [0, 0.05) is 29.6 Å². The van der Waals surface area contributed by atoms with Crippen molar-refractivity contribution in [3.05, 3.63) is 92.6 Å². The van der Waals surface area contributed by atoms with Crippen LogP contribution in [0.4, 0.5) is 10.1 Å². The summed E-state index contributed by atoms with van der Waals surface area (Å²) in [6, 6.07) is 11.0. The van der Waals surface area contributed by atoms with Crippen LogP contribution in [0.5, 0.6) is 0 Å². The molecule has 0 spiro atoms. The van der Waals surface area contributed by atoms with E-state index < -0.39 is 17.3 Å². The second kappa shape index (κ2) is 7.86. The summed E-state index contributed by atoms with van der Waals surface area (Å²) in [4.78, 5) is 39.9. The smallest absolute Gasteiger partial charge is 0.268 e. The van der Waals surface area contributed by atoms with Crippen LogP contribution >= 0.6 is 0 Å². The Hall–Kier alpha value is -3.54. The molecule has 5 nitrogen and oxygen atoms in total. The fourth-order valence-electron chi connectivity index (χ4n) is 4.31. The Kier molecular flexibility index (Phi) is 5.33. The fraction of sp³-hybridized carbons (Fsp3) is 0.269. The van der Waals surface area contributed by atoms with Crippen LogP contribution in [0, 0.1) is 25.1 Å². The minimum atomic E-state index is -0.555. The van der Waals surface area contributed by atoms with Gasteiger partial charge in [0.15, 0.2) is 5.78 Å². The van der Waals surface area contributed by atoms with Crippen molar-refractivity contribution in [1.82, 2.24) is 4.57 Å². The van der Waals surface area contributed by atoms with E-state index in [0.29, 0.717) is 35.3 Å². The Bertz CT molecular complexity index is 1300. The molecule has 1 N–H and O–H groups in total. The van der Waals surface area contributed by atoms with Crippen LogP contribution in [-0.4, -0.2) is 16.3 Å². The number of nitrogens with zero attached hydrogens (tertiary/aromatic N) is 1. The summed E-state index contributed by atoms with van der Waals surface area (Å²) in [5.41, 5.74) is 2.80. The van der Waals surface area contributed by atoms with Gasteiger partial charge >= 0.3 is 0 Å². The Morgan fingerprint density at radius 2 is 1.72 bits per heavy atom. The molecule has 1 aromatic heterocycles. The Balaban J connectivity index is 1.91. The number of nitrogens with one attached hydrogen (secondary N) is 1. The van der Waals surface area contributed by atoms with Gasteiger partial charge in [0.25, 0.3) is 11.5 Å². The highest BCUT2D eigenvalue weighted by atomic mass is 19.1. The Labute approximate surface area is 185 Å². The molecule has 1 aliphatic carbocycles. The number of pyridine rings is 1. The average Bonchev–Trinajstić information content (AvgIpc) is 2.70. The fourth-order valence-corrected chi connectivity index (χ4v) is 4.31. The number of aromatic nitrogens is 1. The number of fused-ring (bicyclic) bond motifs is 1. The lowest BCUT2D eigenvalue weighted by molar-refractivity contribution is 0.0910. The highest BCUT2D eigenvalue weighted by molar-refractivity contribution is 6.09. The van der Waals surface area contributed by atoms with Gasteiger partial charge < -0.3 is 5.32 Å². The van der Waals surface area contributed by atoms with Crippen LogP contribution in [0.3, 0.4) is 0 Å². The van der Waals surface area contributed by atoms with E-state index in [1.807, 2.05) is 39.8 Å². The first-order chi connectivity index (χ1) is 15.1. The van der Waals surface area contributed by atoms with Crippen LogP contribution in [-0.2, 0) is 6.42 Å². The summed E-state index contributed by atoms with van der Waals surface area (Å²) in [7, 11) is 0. The number of hydrogen-bond donors (Lipinski definition) is 1. The molecule has 0 saturated carbocycles. The molecular weight excluding hydrogens is 407 g/mol. The SMILES string of the molecule is Cc1ccc(NC(=O)c2c3c(cn(-c4ccc(F)cc4)c2=O)C(=O)CC(C)(C)C3)c(C)c1. The topological polar surface area (TPSA) is 68.2 Å². The summed E-state index contributed by atoms with van der Waals surface area (Å²) in [6.45, 7) is 7.74. The third kappa shape index (κ3) is 4.00. The first-order valence-electron chi connectivity index (χ1n) is 10.5. The van der Waals surface area contributed by atoms with Crippen molar-refractivity contribution < 1.29 is 14.0 Å². The standard InChI is InChI=1S/C26H25FN2O3/c1-15-5-10-21(16(2)11-15)28-24(31)23-19-12-26(3,4)13-22(30)20(19)14-29(25(23)32)18-8-6-17(27)7-9-18/h5-11,14H,12-13H2,1-4H3,(H,28,31). The van der Waals surface area contributed by atoms with Gasteiger partial charge in [0.2, 0.25) is 0 Å². The maximum atomic E-state index is 13.5. The van der Waals surface area contributed by atoms with E-state index in [0.717, 1.165) is 11.1 Å². The number of benzene rings is 2. The lowest BCUT2D eigenvalue weighted by atomic mass is 9.73. The second-order valence-electron chi connectivity index (χ2n) is 9.26. The highest BCUT2D eigenvalue weighted by Gasteiger charge is 2.36. The average molecular weight is 432 g/mol. The lowest BCUT2D eigenvalue weighted by Gasteiger charge is -2.31. The van der Waals surface area contributed by atoms with Gasteiger partial charge in [0.1, 0.15) is 11.4 Å². The van der Waals surface area contributed by atoms with Crippen LogP contribution in [0.15, 0.2) is 53.5 Å². The third-order valence-electron chi connectivity index (χ3n) is 5.87. The molecule has 0 bridgehead atoms. The molecule has 0 fully saturated rings. The van der Waals surface area contributed by atoms with Gasteiger partial charge in [-0.3, -0.25) is 19.0 Å². The number of halogens is 1.